The van der Waals surface area contributed by atoms with Crippen LogP contribution in [0, 0.1) is 0 Å². The number of halogens is 1. The normalized spacial score (nSPS) is 12.2. The molecule has 0 aliphatic heterocycles. The Hall–Kier alpha value is -7.74. The van der Waals surface area contributed by atoms with E-state index in [0.29, 0.717) is 11.9 Å². The van der Waals surface area contributed by atoms with Crippen molar-refractivity contribution in [2.75, 3.05) is 0 Å². The molecule has 13 aromatic rings. The predicted molar refractivity (Wildman–Crippen MR) is 242 cm³/mol. The molecule has 0 atom stereocenters. The fraction of sp³-hybridized carbons (Fsp3) is 0. The van der Waals surface area contributed by atoms with Gasteiger partial charge < -0.3 is 9.13 Å². The lowest BCUT2D eigenvalue weighted by Crippen LogP contribution is -2.10. The van der Waals surface area contributed by atoms with E-state index in [9.17, 15) is 0 Å². The third-order valence-corrected chi connectivity index (χ3v) is 12.1. The first-order valence-electron chi connectivity index (χ1n) is 19.7. The van der Waals surface area contributed by atoms with Gasteiger partial charge in [0.25, 0.3) is 0 Å². The smallest absolute Gasteiger partial charge is 0.240 e. The van der Waals surface area contributed by atoms with Crippen molar-refractivity contribution >= 4 is 98.8 Å². The first-order valence-corrected chi connectivity index (χ1v) is 20.0. The van der Waals surface area contributed by atoms with Gasteiger partial charge in [-0.25, -0.2) is 0 Å². The van der Waals surface area contributed by atoms with Crippen molar-refractivity contribution < 1.29 is 0 Å². The van der Waals surface area contributed by atoms with E-state index in [4.69, 9.17) is 26.6 Å². The van der Waals surface area contributed by atoms with Crippen molar-refractivity contribution in [2.45, 2.75) is 0 Å². The van der Waals surface area contributed by atoms with Gasteiger partial charge in [0.2, 0.25) is 17.2 Å². The summed E-state index contributed by atoms with van der Waals surface area (Å²) >= 11 is 7.08. The van der Waals surface area contributed by atoms with Crippen molar-refractivity contribution in [3.63, 3.8) is 0 Å². The van der Waals surface area contributed by atoms with Gasteiger partial charge in [0.15, 0.2) is 0 Å². The standard InChI is InChI=1S/C51H30ClN7/c52-49-53-50(58-43-27-11-5-19-35(43)37-21-13-29-45(47(37)58)56-39-23-7-1-15-31(39)32-16-2-8-24-40(32)56)55-51(54-49)59-44-28-12-6-20-36(44)38-22-14-30-46(48(38)59)57-41-25-9-3-17-33(41)34-18-4-10-26-42(34)57/h1-30H. The zero-order valence-electron chi connectivity index (χ0n) is 31.3. The van der Waals surface area contributed by atoms with Gasteiger partial charge in [-0.3, -0.25) is 9.13 Å². The Morgan fingerprint density at radius 2 is 0.542 bits per heavy atom. The summed E-state index contributed by atoms with van der Waals surface area (Å²) < 4.78 is 9.03. The molecule has 0 radical (unpaired) electrons. The van der Waals surface area contributed by atoms with Crippen molar-refractivity contribution in [3.05, 3.63) is 187 Å². The van der Waals surface area contributed by atoms with Gasteiger partial charge in [-0.15, -0.1) is 0 Å². The molecule has 0 aliphatic carbocycles. The number of fused-ring (bicyclic) bond motifs is 12. The van der Waals surface area contributed by atoms with E-state index in [2.05, 4.69) is 200 Å². The van der Waals surface area contributed by atoms with E-state index in [-0.39, 0.29) is 5.28 Å². The number of hydrogen-bond donors (Lipinski definition) is 0. The molecule has 59 heavy (non-hydrogen) atoms. The van der Waals surface area contributed by atoms with Crippen LogP contribution >= 0.6 is 11.6 Å². The molecule has 8 aromatic carbocycles. The van der Waals surface area contributed by atoms with E-state index in [1.54, 1.807) is 0 Å². The summed E-state index contributed by atoms with van der Waals surface area (Å²) in [5.74, 6) is 0.861. The molecule has 0 saturated heterocycles. The summed E-state index contributed by atoms with van der Waals surface area (Å²) in [7, 11) is 0. The molecule has 5 heterocycles. The summed E-state index contributed by atoms with van der Waals surface area (Å²) in [4.78, 5) is 15.3. The van der Waals surface area contributed by atoms with E-state index in [1.807, 2.05) is 0 Å². The lowest BCUT2D eigenvalue weighted by molar-refractivity contribution is 0.884. The Morgan fingerprint density at radius 3 is 0.881 bits per heavy atom. The topological polar surface area (TPSA) is 58.4 Å². The van der Waals surface area contributed by atoms with Gasteiger partial charge >= 0.3 is 0 Å². The van der Waals surface area contributed by atoms with Crippen LogP contribution in [-0.4, -0.2) is 33.2 Å². The Bertz CT molecular complexity index is 3530. The minimum absolute atomic E-state index is 0.102. The highest BCUT2D eigenvalue weighted by atomic mass is 35.5. The van der Waals surface area contributed by atoms with Crippen molar-refractivity contribution in [1.82, 2.24) is 33.2 Å². The zero-order chi connectivity index (χ0) is 38.8. The molecule has 0 fully saturated rings. The lowest BCUT2D eigenvalue weighted by atomic mass is 10.1. The second kappa shape index (κ2) is 12.1. The van der Waals surface area contributed by atoms with Crippen LogP contribution in [0.4, 0.5) is 0 Å². The van der Waals surface area contributed by atoms with Crippen LogP contribution in [0.1, 0.15) is 0 Å². The summed E-state index contributed by atoms with van der Waals surface area (Å²) in [5, 5.41) is 9.23. The van der Waals surface area contributed by atoms with E-state index >= 15 is 0 Å². The summed E-state index contributed by atoms with van der Waals surface area (Å²) in [5.41, 5.74) is 10.4. The highest BCUT2D eigenvalue weighted by Crippen LogP contribution is 2.41. The number of benzene rings is 8. The number of para-hydroxylation sites is 8. The summed E-state index contributed by atoms with van der Waals surface area (Å²) in [6.07, 6.45) is 0. The third-order valence-electron chi connectivity index (χ3n) is 12.0. The minimum atomic E-state index is 0.102. The molecule has 276 valence electrons. The van der Waals surface area contributed by atoms with Gasteiger partial charge in [-0.2, -0.15) is 15.0 Å². The molecule has 13 rings (SSSR count). The third kappa shape index (κ3) is 4.45. The molecule has 0 bridgehead atoms. The van der Waals surface area contributed by atoms with Crippen molar-refractivity contribution in [3.8, 4) is 23.3 Å². The maximum Gasteiger partial charge on any atom is 0.240 e. The van der Waals surface area contributed by atoms with Crippen molar-refractivity contribution in [1.29, 1.82) is 0 Å². The minimum Gasteiger partial charge on any atom is -0.307 e. The highest BCUT2D eigenvalue weighted by Gasteiger charge is 2.25. The SMILES string of the molecule is Clc1nc(-n2c3ccccc3c3cccc(-n4c5ccccc5c5ccccc54)c32)nc(-n2c3ccccc3c3cccc(-n4c5ccccc5c5ccccc54)c32)n1. The van der Waals surface area contributed by atoms with Gasteiger partial charge in [0.05, 0.1) is 55.5 Å². The summed E-state index contributed by atoms with van der Waals surface area (Å²) in [6, 6.07) is 64.2. The van der Waals surface area contributed by atoms with Crippen LogP contribution in [-0.2, 0) is 0 Å². The quantitative estimate of drug-likeness (QED) is 0.179. The fourth-order valence-corrected chi connectivity index (χ4v) is 9.82. The van der Waals surface area contributed by atoms with Crippen LogP contribution in [0.15, 0.2) is 182 Å². The second-order valence-electron chi connectivity index (χ2n) is 15.0. The van der Waals surface area contributed by atoms with E-state index in [1.165, 1.54) is 21.5 Å². The van der Waals surface area contributed by atoms with E-state index in [0.717, 1.165) is 77.1 Å². The van der Waals surface area contributed by atoms with Gasteiger partial charge in [-0.1, -0.05) is 133 Å². The number of aromatic nitrogens is 7. The maximum absolute atomic E-state index is 7.08. The number of nitrogens with zero attached hydrogens (tertiary/aromatic N) is 7. The molecule has 0 saturated carbocycles. The molecule has 0 aliphatic rings. The van der Waals surface area contributed by atoms with Crippen LogP contribution in [0.3, 0.4) is 0 Å². The molecule has 0 N–H and O–H groups in total. The first-order chi connectivity index (χ1) is 29.2. The maximum atomic E-state index is 7.08. The molecule has 8 heteroatoms. The fourth-order valence-electron chi connectivity index (χ4n) is 9.67. The highest BCUT2D eigenvalue weighted by molar-refractivity contribution is 6.28. The first kappa shape index (κ1) is 32.4. The number of rotatable bonds is 4. The average molecular weight is 776 g/mol. The monoisotopic (exact) mass is 775 g/mol. The van der Waals surface area contributed by atoms with Gasteiger partial charge in [-0.05, 0) is 60.1 Å². The lowest BCUT2D eigenvalue weighted by Gasteiger charge is -2.15. The second-order valence-corrected chi connectivity index (χ2v) is 15.3. The average Bonchev–Trinajstić information content (AvgIpc) is 4.02. The molecule has 0 unspecified atom stereocenters. The van der Waals surface area contributed by atoms with Crippen molar-refractivity contribution in [2.24, 2.45) is 0 Å². The Kier molecular flexibility index (Phi) is 6.65. The predicted octanol–water partition coefficient (Wildman–Crippen LogP) is 12.9. The summed E-state index contributed by atoms with van der Waals surface area (Å²) in [6.45, 7) is 0. The Morgan fingerprint density at radius 1 is 0.271 bits per heavy atom. The van der Waals surface area contributed by atoms with Crippen LogP contribution < -0.4 is 0 Å². The van der Waals surface area contributed by atoms with Gasteiger partial charge in [0.1, 0.15) is 0 Å². The molecule has 0 spiro atoms. The van der Waals surface area contributed by atoms with Crippen LogP contribution in [0.25, 0.3) is 110 Å². The molecular formula is C51H30ClN7. The van der Waals surface area contributed by atoms with Gasteiger partial charge in [0, 0.05) is 43.1 Å². The molecular weight excluding hydrogens is 746 g/mol. The van der Waals surface area contributed by atoms with Crippen LogP contribution in [0.5, 0.6) is 0 Å². The molecule has 7 nitrogen and oxygen atoms in total. The Balaban J connectivity index is 1.14. The molecule has 0 amide bonds. The van der Waals surface area contributed by atoms with E-state index < -0.39 is 0 Å². The largest absolute Gasteiger partial charge is 0.307 e. The van der Waals surface area contributed by atoms with Crippen LogP contribution in [0.2, 0.25) is 5.28 Å². The zero-order valence-corrected chi connectivity index (χ0v) is 32.1. The number of hydrogen-bond acceptors (Lipinski definition) is 3. The molecule has 5 aromatic heterocycles. The Labute approximate surface area is 341 Å².